The summed E-state index contributed by atoms with van der Waals surface area (Å²) in [5, 5.41) is 0. The first kappa shape index (κ1) is 25.6. The lowest BCUT2D eigenvalue weighted by Crippen LogP contribution is -2.41. The Kier molecular flexibility index (Phi) is 6.79. The molecule has 8 nitrogen and oxygen atoms in total. The number of nitrogens with one attached hydrogen (secondary N) is 2. The van der Waals surface area contributed by atoms with E-state index in [1.54, 1.807) is 12.1 Å². The van der Waals surface area contributed by atoms with Gasteiger partial charge in [0.05, 0.1) is 11.3 Å². The van der Waals surface area contributed by atoms with Gasteiger partial charge in [-0.15, -0.1) is 0 Å². The summed E-state index contributed by atoms with van der Waals surface area (Å²) in [4.78, 5) is 34.3. The molecule has 1 saturated heterocycles. The number of rotatable bonds is 6. The van der Waals surface area contributed by atoms with Crippen LogP contribution in [0.1, 0.15) is 62.9 Å². The molecule has 1 aromatic carbocycles. The van der Waals surface area contributed by atoms with Gasteiger partial charge in [-0.3, -0.25) is 9.59 Å². The molecule has 0 radical (unpaired) electrons. The van der Waals surface area contributed by atoms with Crippen molar-refractivity contribution >= 4 is 21.7 Å². The van der Waals surface area contributed by atoms with Gasteiger partial charge in [-0.1, -0.05) is 45.0 Å². The zero-order valence-electron chi connectivity index (χ0n) is 21.2. The highest BCUT2D eigenvalue weighted by atomic mass is 32.2. The van der Waals surface area contributed by atoms with Crippen LogP contribution in [0.4, 0.5) is 5.82 Å². The minimum Gasteiger partial charge on any atom is -0.351 e. The van der Waals surface area contributed by atoms with Crippen LogP contribution in [0.2, 0.25) is 0 Å². The molecule has 36 heavy (non-hydrogen) atoms. The van der Waals surface area contributed by atoms with Crippen molar-refractivity contribution in [1.82, 2.24) is 14.7 Å². The van der Waals surface area contributed by atoms with E-state index in [2.05, 4.69) is 55.3 Å². The molecular weight excluding hydrogens is 476 g/mol. The predicted molar refractivity (Wildman–Crippen MR) is 141 cm³/mol. The number of hydrogen-bond acceptors (Lipinski definition) is 6. The zero-order chi connectivity index (χ0) is 26.3. The van der Waals surface area contributed by atoms with Gasteiger partial charge in [-0.2, -0.15) is 0 Å². The maximum Gasteiger partial charge on any atom is 0.269 e. The van der Waals surface area contributed by atoms with Crippen LogP contribution >= 0.6 is 0 Å². The first-order valence-corrected chi connectivity index (χ1v) is 13.5. The molecular formula is C27H32N4O4S. The van der Waals surface area contributed by atoms with Crippen LogP contribution in [0.25, 0.3) is 11.3 Å². The molecule has 0 bridgehead atoms. The number of hydrogen-bond donors (Lipinski definition) is 2. The lowest BCUT2D eigenvalue weighted by Gasteiger charge is -2.34. The molecule has 2 N–H and O–H groups in total. The van der Waals surface area contributed by atoms with E-state index in [0.717, 1.165) is 23.6 Å². The lowest BCUT2D eigenvalue weighted by atomic mass is 9.94. The maximum absolute atomic E-state index is 13.4. The summed E-state index contributed by atoms with van der Waals surface area (Å²) in [5.41, 5.74) is 1.86. The predicted octanol–water partition coefficient (Wildman–Crippen LogP) is 4.30. The number of sulfonamides is 1. The number of pyridine rings is 2. The highest BCUT2D eigenvalue weighted by Gasteiger charge is 2.39. The van der Waals surface area contributed by atoms with E-state index in [0.29, 0.717) is 24.0 Å². The monoisotopic (exact) mass is 508 g/mol. The first-order chi connectivity index (χ1) is 16.9. The Morgan fingerprint density at radius 1 is 1.14 bits per heavy atom. The summed E-state index contributed by atoms with van der Waals surface area (Å²) in [5.74, 6) is 0.234. The average molecular weight is 509 g/mol. The summed E-state index contributed by atoms with van der Waals surface area (Å²) in [7, 11) is -4.39. The highest BCUT2D eigenvalue weighted by molar-refractivity contribution is 7.90. The molecule has 0 saturated carbocycles. The number of carbonyl (C=O) groups is 1. The van der Waals surface area contributed by atoms with Gasteiger partial charge in [0.2, 0.25) is 0 Å². The molecule has 1 aliphatic heterocycles. The molecule has 3 aromatic rings. The number of aromatic nitrogens is 2. The van der Waals surface area contributed by atoms with Crippen LogP contribution in [0.3, 0.4) is 0 Å². The van der Waals surface area contributed by atoms with E-state index in [1.807, 2.05) is 18.2 Å². The Balaban J connectivity index is 1.82. The fourth-order valence-electron chi connectivity index (χ4n) is 5.02. The molecule has 190 valence electrons. The van der Waals surface area contributed by atoms with Gasteiger partial charge >= 0.3 is 0 Å². The number of amides is 1. The van der Waals surface area contributed by atoms with Crippen LogP contribution in [0, 0.1) is 5.92 Å². The van der Waals surface area contributed by atoms with Gasteiger partial charge in [0.25, 0.3) is 21.5 Å². The standard InChI is InChI=1S/C27H32N4O4S/c1-17(2)19-9-6-7-10-20(19)22-13-12-21(24(29-22)31-16-18(3)15-27(31,4)5)25(32)30-36(34,35)23-11-8-14-28-26(23)33/h6-14,17-18H,15-16H2,1-5H3,(H,28,33)(H,30,32)/t18-/m0/s1. The van der Waals surface area contributed by atoms with Crippen LogP contribution < -0.4 is 15.2 Å². The molecule has 9 heteroatoms. The zero-order valence-corrected chi connectivity index (χ0v) is 22.0. The van der Waals surface area contributed by atoms with Crippen molar-refractivity contribution in [1.29, 1.82) is 0 Å². The van der Waals surface area contributed by atoms with E-state index in [9.17, 15) is 18.0 Å². The summed E-state index contributed by atoms with van der Waals surface area (Å²) in [6, 6.07) is 13.9. The molecule has 4 rings (SSSR count). The van der Waals surface area contributed by atoms with E-state index in [-0.39, 0.29) is 17.0 Å². The fraction of sp³-hybridized carbons (Fsp3) is 0.370. The van der Waals surface area contributed by atoms with E-state index >= 15 is 0 Å². The Morgan fingerprint density at radius 3 is 2.50 bits per heavy atom. The van der Waals surface area contributed by atoms with Crippen molar-refractivity contribution in [3.63, 3.8) is 0 Å². The van der Waals surface area contributed by atoms with E-state index in [4.69, 9.17) is 4.98 Å². The first-order valence-electron chi connectivity index (χ1n) is 12.0. The van der Waals surface area contributed by atoms with E-state index < -0.39 is 26.4 Å². The number of aromatic amines is 1. The van der Waals surface area contributed by atoms with Crippen molar-refractivity contribution < 1.29 is 13.2 Å². The van der Waals surface area contributed by atoms with Crippen molar-refractivity contribution in [2.75, 3.05) is 11.4 Å². The minimum absolute atomic E-state index is 0.138. The third kappa shape index (κ3) is 4.93. The van der Waals surface area contributed by atoms with Gasteiger partial charge in [0.1, 0.15) is 5.82 Å². The molecule has 0 unspecified atom stereocenters. The third-order valence-corrected chi connectivity index (χ3v) is 7.96. The molecule has 1 atom stereocenters. The number of nitrogens with zero attached hydrogens (tertiary/aromatic N) is 2. The minimum atomic E-state index is -4.39. The Labute approximate surface area is 211 Å². The van der Waals surface area contributed by atoms with Crippen LogP contribution in [0.5, 0.6) is 0 Å². The number of carbonyl (C=O) groups excluding carboxylic acids is 1. The smallest absolute Gasteiger partial charge is 0.269 e. The van der Waals surface area contributed by atoms with Gasteiger partial charge in [0, 0.05) is 23.8 Å². The van der Waals surface area contributed by atoms with Crippen LogP contribution in [-0.2, 0) is 10.0 Å². The second-order valence-corrected chi connectivity index (χ2v) is 12.0. The Bertz CT molecular complexity index is 1460. The SMILES string of the molecule is CC(C)c1ccccc1-c1ccc(C(=O)NS(=O)(=O)c2ccc[nH]c2=O)c(N2C[C@@H](C)CC2(C)C)n1. The quantitative estimate of drug-likeness (QED) is 0.513. The van der Waals surface area contributed by atoms with Crippen molar-refractivity contribution in [3.8, 4) is 11.3 Å². The summed E-state index contributed by atoms with van der Waals surface area (Å²) in [6.45, 7) is 11.2. The molecule has 1 aliphatic rings. The van der Waals surface area contributed by atoms with Gasteiger partial charge < -0.3 is 9.88 Å². The summed E-state index contributed by atoms with van der Waals surface area (Å²) in [6.07, 6.45) is 2.23. The Hall–Kier alpha value is -3.46. The topological polar surface area (TPSA) is 112 Å². The number of H-pyrrole nitrogens is 1. The van der Waals surface area contributed by atoms with E-state index in [1.165, 1.54) is 12.3 Å². The summed E-state index contributed by atoms with van der Waals surface area (Å²) >= 11 is 0. The number of benzene rings is 1. The average Bonchev–Trinajstić information content (AvgIpc) is 3.10. The van der Waals surface area contributed by atoms with Crippen molar-refractivity contribution in [2.45, 2.75) is 57.4 Å². The van der Waals surface area contributed by atoms with Crippen LogP contribution in [-0.4, -0.2) is 36.4 Å². The lowest BCUT2D eigenvalue weighted by molar-refractivity contribution is 0.0981. The second kappa shape index (κ2) is 9.54. The normalized spacial score (nSPS) is 17.4. The van der Waals surface area contributed by atoms with Gasteiger partial charge in [0.15, 0.2) is 4.90 Å². The van der Waals surface area contributed by atoms with Crippen molar-refractivity contribution in [2.24, 2.45) is 5.92 Å². The highest BCUT2D eigenvalue weighted by Crippen LogP contribution is 2.39. The molecule has 3 heterocycles. The summed E-state index contributed by atoms with van der Waals surface area (Å²) < 4.78 is 27.8. The molecule has 1 fully saturated rings. The van der Waals surface area contributed by atoms with Crippen molar-refractivity contribution in [3.05, 3.63) is 76.2 Å². The van der Waals surface area contributed by atoms with Gasteiger partial charge in [-0.25, -0.2) is 18.1 Å². The number of anilines is 1. The maximum atomic E-state index is 13.4. The van der Waals surface area contributed by atoms with Gasteiger partial charge in [-0.05, 0) is 61.9 Å². The second-order valence-electron chi connectivity index (χ2n) is 10.3. The fourth-order valence-corrected chi connectivity index (χ4v) is 6.05. The molecule has 2 aromatic heterocycles. The van der Waals surface area contributed by atoms with Crippen LogP contribution in [0.15, 0.2) is 64.4 Å². The molecule has 1 amide bonds. The largest absolute Gasteiger partial charge is 0.351 e. The molecule has 0 spiro atoms. The molecule has 0 aliphatic carbocycles. The third-order valence-electron chi connectivity index (χ3n) is 6.61. The Morgan fingerprint density at radius 2 is 1.86 bits per heavy atom.